The largest absolute Gasteiger partial charge is 0.252 e. The van der Waals surface area contributed by atoms with Crippen molar-refractivity contribution in [2.45, 2.75) is 39.7 Å². The van der Waals surface area contributed by atoms with Gasteiger partial charge >= 0.3 is 0 Å². The molecule has 0 unspecified atom stereocenters. The third kappa shape index (κ3) is 2.46. The quantitative estimate of drug-likeness (QED) is 0.660. The standard InChI is InChI=1S/C9H20N2.H2/c1-4-11-7-5-6-9(10-11)8(2)3;/h8-10H,4-7H2,1-3H3;1H/t9-;/m0./s1. The summed E-state index contributed by atoms with van der Waals surface area (Å²) in [5, 5.41) is 2.33. The van der Waals surface area contributed by atoms with Crippen LogP contribution in [-0.4, -0.2) is 24.1 Å². The Kier molecular flexibility index (Phi) is 3.34. The predicted molar refractivity (Wildman–Crippen MR) is 50.4 cm³/mol. The van der Waals surface area contributed by atoms with Gasteiger partial charge in [-0.15, -0.1) is 0 Å². The van der Waals surface area contributed by atoms with E-state index < -0.39 is 0 Å². The first-order valence-electron chi connectivity index (χ1n) is 4.75. The monoisotopic (exact) mass is 158 g/mol. The van der Waals surface area contributed by atoms with E-state index in [0.717, 1.165) is 12.5 Å². The van der Waals surface area contributed by atoms with Crippen molar-refractivity contribution in [1.29, 1.82) is 0 Å². The maximum atomic E-state index is 3.54. The number of hydrogen-bond donors (Lipinski definition) is 1. The fourth-order valence-electron chi connectivity index (χ4n) is 1.60. The van der Waals surface area contributed by atoms with Crippen LogP contribution in [0.3, 0.4) is 0 Å². The minimum atomic E-state index is 0. The van der Waals surface area contributed by atoms with Crippen molar-refractivity contribution in [3.05, 3.63) is 0 Å². The molecule has 0 spiro atoms. The maximum Gasteiger partial charge on any atom is 0.0238 e. The summed E-state index contributed by atoms with van der Waals surface area (Å²) in [5.41, 5.74) is 3.54. The summed E-state index contributed by atoms with van der Waals surface area (Å²) < 4.78 is 0. The second-order valence-corrected chi connectivity index (χ2v) is 3.70. The summed E-state index contributed by atoms with van der Waals surface area (Å²) in [6.45, 7) is 9.13. The fourth-order valence-corrected chi connectivity index (χ4v) is 1.60. The van der Waals surface area contributed by atoms with Gasteiger partial charge in [-0.05, 0) is 18.8 Å². The van der Waals surface area contributed by atoms with Crippen LogP contribution >= 0.6 is 0 Å². The molecule has 1 aliphatic rings. The van der Waals surface area contributed by atoms with E-state index in [4.69, 9.17) is 0 Å². The Morgan fingerprint density at radius 2 is 2.36 bits per heavy atom. The number of rotatable bonds is 2. The van der Waals surface area contributed by atoms with Gasteiger partial charge < -0.3 is 0 Å². The van der Waals surface area contributed by atoms with Crippen molar-refractivity contribution in [2.24, 2.45) is 5.92 Å². The van der Waals surface area contributed by atoms with Crippen LogP contribution in [-0.2, 0) is 0 Å². The van der Waals surface area contributed by atoms with Crippen LogP contribution in [0.15, 0.2) is 0 Å². The Morgan fingerprint density at radius 1 is 1.64 bits per heavy atom. The average molecular weight is 158 g/mol. The second kappa shape index (κ2) is 4.07. The highest BCUT2D eigenvalue weighted by Gasteiger charge is 2.19. The van der Waals surface area contributed by atoms with E-state index in [1.807, 2.05) is 0 Å². The number of nitrogens with one attached hydrogen (secondary N) is 1. The van der Waals surface area contributed by atoms with Crippen molar-refractivity contribution >= 4 is 0 Å². The molecule has 0 saturated carbocycles. The van der Waals surface area contributed by atoms with Gasteiger partial charge in [0, 0.05) is 20.6 Å². The molecule has 2 heteroatoms. The molecule has 11 heavy (non-hydrogen) atoms. The van der Waals surface area contributed by atoms with Crippen LogP contribution < -0.4 is 5.43 Å². The van der Waals surface area contributed by atoms with E-state index >= 15 is 0 Å². The highest BCUT2D eigenvalue weighted by atomic mass is 15.5. The second-order valence-electron chi connectivity index (χ2n) is 3.70. The molecule has 68 valence electrons. The van der Waals surface area contributed by atoms with Crippen molar-refractivity contribution in [2.75, 3.05) is 13.1 Å². The predicted octanol–water partition coefficient (Wildman–Crippen LogP) is 1.88. The summed E-state index contributed by atoms with van der Waals surface area (Å²) in [7, 11) is 0. The molecule has 1 N–H and O–H groups in total. The van der Waals surface area contributed by atoms with Crippen molar-refractivity contribution in [3.63, 3.8) is 0 Å². The van der Waals surface area contributed by atoms with Crippen molar-refractivity contribution < 1.29 is 1.43 Å². The van der Waals surface area contributed by atoms with Gasteiger partial charge in [0.25, 0.3) is 0 Å². The third-order valence-electron chi connectivity index (χ3n) is 2.48. The third-order valence-corrected chi connectivity index (χ3v) is 2.48. The fraction of sp³-hybridized carbons (Fsp3) is 1.00. The Morgan fingerprint density at radius 3 is 2.91 bits per heavy atom. The van der Waals surface area contributed by atoms with E-state index in [1.54, 1.807) is 0 Å². The SMILES string of the molecule is CCN1CCC[C@@H](C(C)C)N1.[HH]. The van der Waals surface area contributed by atoms with Gasteiger partial charge in [-0.3, -0.25) is 5.43 Å². The van der Waals surface area contributed by atoms with E-state index in [-0.39, 0.29) is 1.43 Å². The van der Waals surface area contributed by atoms with Gasteiger partial charge in [0.15, 0.2) is 0 Å². The first-order valence-corrected chi connectivity index (χ1v) is 4.75. The molecule has 0 radical (unpaired) electrons. The number of nitrogens with zero attached hydrogens (tertiary/aromatic N) is 1. The van der Waals surface area contributed by atoms with Crippen LogP contribution in [0.5, 0.6) is 0 Å². The van der Waals surface area contributed by atoms with Gasteiger partial charge in [0.1, 0.15) is 0 Å². The average Bonchev–Trinajstić information content (AvgIpc) is 2.05. The van der Waals surface area contributed by atoms with E-state index in [0.29, 0.717) is 6.04 Å². The van der Waals surface area contributed by atoms with E-state index in [9.17, 15) is 0 Å². The normalized spacial score (nSPS) is 27.8. The Balaban J connectivity index is 0.00000121. The van der Waals surface area contributed by atoms with Crippen LogP contribution in [0.4, 0.5) is 0 Å². The summed E-state index contributed by atoms with van der Waals surface area (Å²) in [5.74, 6) is 0.768. The molecule has 1 saturated heterocycles. The lowest BCUT2D eigenvalue weighted by Crippen LogP contribution is -2.51. The van der Waals surface area contributed by atoms with Gasteiger partial charge in [-0.2, -0.15) is 0 Å². The highest BCUT2D eigenvalue weighted by Crippen LogP contribution is 2.13. The molecule has 1 atom stereocenters. The lowest BCUT2D eigenvalue weighted by Gasteiger charge is -2.35. The molecule has 1 heterocycles. The van der Waals surface area contributed by atoms with E-state index in [1.165, 1.54) is 19.4 Å². The van der Waals surface area contributed by atoms with Crippen LogP contribution in [0.1, 0.15) is 35.0 Å². The molecule has 1 fully saturated rings. The van der Waals surface area contributed by atoms with Crippen LogP contribution in [0, 0.1) is 5.92 Å². The van der Waals surface area contributed by atoms with Crippen LogP contribution in [0.2, 0.25) is 0 Å². The molecule has 0 amide bonds. The van der Waals surface area contributed by atoms with Gasteiger partial charge in [-0.1, -0.05) is 20.8 Å². The molecular weight excluding hydrogens is 136 g/mol. The van der Waals surface area contributed by atoms with Gasteiger partial charge in [0.2, 0.25) is 0 Å². The molecule has 0 aromatic rings. The summed E-state index contributed by atoms with van der Waals surface area (Å²) in [6.07, 6.45) is 2.69. The zero-order valence-corrected chi connectivity index (χ0v) is 7.93. The number of hydrogen-bond acceptors (Lipinski definition) is 2. The molecule has 0 aromatic carbocycles. The molecule has 1 aliphatic heterocycles. The molecule has 1 rings (SSSR count). The first kappa shape index (κ1) is 9.01. The van der Waals surface area contributed by atoms with Gasteiger partial charge in [0.05, 0.1) is 0 Å². The molecule has 0 aliphatic carbocycles. The Labute approximate surface area is 71.4 Å². The molecule has 0 bridgehead atoms. The molecule has 2 nitrogen and oxygen atoms in total. The highest BCUT2D eigenvalue weighted by molar-refractivity contribution is 4.74. The minimum Gasteiger partial charge on any atom is -0.252 e. The zero-order chi connectivity index (χ0) is 8.27. The topological polar surface area (TPSA) is 15.3 Å². The zero-order valence-electron chi connectivity index (χ0n) is 7.93. The summed E-state index contributed by atoms with van der Waals surface area (Å²) in [6, 6.07) is 0.712. The lowest BCUT2D eigenvalue weighted by molar-refractivity contribution is 0.0991. The molecular formula is C9H22N2. The summed E-state index contributed by atoms with van der Waals surface area (Å²) in [4.78, 5) is 0. The first-order chi connectivity index (χ1) is 5.24. The van der Waals surface area contributed by atoms with Crippen LogP contribution in [0.25, 0.3) is 0 Å². The Hall–Kier alpha value is -0.0800. The smallest absolute Gasteiger partial charge is 0.0238 e. The summed E-state index contributed by atoms with van der Waals surface area (Å²) >= 11 is 0. The molecule has 0 aromatic heterocycles. The van der Waals surface area contributed by atoms with E-state index in [2.05, 4.69) is 31.2 Å². The lowest BCUT2D eigenvalue weighted by atomic mass is 9.98. The Bertz CT molecular complexity index is 117. The van der Waals surface area contributed by atoms with Crippen molar-refractivity contribution in [1.82, 2.24) is 10.4 Å². The number of hydrazine groups is 1. The van der Waals surface area contributed by atoms with Crippen molar-refractivity contribution in [3.8, 4) is 0 Å². The maximum absolute atomic E-state index is 3.54. The van der Waals surface area contributed by atoms with Gasteiger partial charge in [-0.25, -0.2) is 5.01 Å². The minimum absolute atomic E-state index is 0.